The molecule has 0 aliphatic carbocycles. The van der Waals surface area contributed by atoms with Gasteiger partial charge in [-0.2, -0.15) is 0 Å². The van der Waals surface area contributed by atoms with Gasteiger partial charge in [-0.25, -0.2) is 0 Å². The van der Waals surface area contributed by atoms with Gasteiger partial charge in [0.2, 0.25) is 17.7 Å². The highest BCUT2D eigenvalue weighted by atomic mass is 16.5. The van der Waals surface area contributed by atoms with E-state index in [-0.39, 0.29) is 31.6 Å². The van der Waals surface area contributed by atoms with Crippen molar-refractivity contribution in [3.05, 3.63) is 101 Å². The van der Waals surface area contributed by atoms with Crippen molar-refractivity contribution in [2.75, 3.05) is 39.9 Å². The Balaban J connectivity index is 0.00000248. The summed E-state index contributed by atoms with van der Waals surface area (Å²) in [6.45, 7) is 14.8. The largest absolute Gasteiger partial charge is 0.493 e. The van der Waals surface area contributed by atoms with Gasteiger partial charge in [0.25, 0.3) is 5.91 Å². The van der Waals surface area contributed by atoms with Crippen molar-refractivity contribution >= 4 is 23.6 Å². The van der Waals surface area contributed by atoms with Gasteiger partial charge < -0.3 is 41.8 Å². The van der Waals surface area contributed by atoms with Gasteiger partial charge >= 0.3 is 0 Å². The minimum atomic E-state index is -1.18. The third kappa shape index (κ3) is 12.4. The van der Waals surface area contributed by atoms with Crippen LogP contribution >= 0.6 is 0 Å². The highest BCUT2D eigenvalue weighted by Crippen LogP contribution is 2.40. The van der Waals surface area contributed by atoms with E-state index in [9.17, 15) is 19.2 Å². The number of carbonyl (C=O) groups excluding carboxylic acids is 4. The molecule has 5 rings (SSSR count). The maximum atomic E-state index is 14.1. The molecule has 1 aliphatic rings. The van der Waals surface area contributed by atoms with E-state index in [1.807, 2.05) is 70.3 Å². The summed E-state index contributed by atoms with van der Waals surface area (Å²) in [5.41, 5.74) is 17.4. The lowest BCUT2D eigenvalue weighted by atomic mass is 9.94. The number of ether oxygens (including phenoxy) is 2. The van der Waals surface area contributed by atoms with Gasteiger partial charge in [0.1, 0.15) is 30.2 Å². The third-order valence-electron chi connectivity index (χ3n) is 9.68. The van der Waals surface area contributed by atoms with E-state index in [1.54, 1.807) is 31.2 Å². The number of carbonyl (C=O) groups is 4. The lowest BCUT2D eigenvalue weighted by Crippen LogP contribution is -2.52. The van der Waals surface area contributed by atoms with E-state index < -0.39 is 29.8 Å². The molecule has 13 nitrogen and oxygen atoms in total. The number of fused-ring (bicyclic) bond motifs is 5. The Bertz CT molecular complexity index is 2070. The highest BCUT2D eigenvalue weighted by molar-refractivity contribution is 5.99. The Morgan fingerprint density at radius 2 is 1.61 bits per heavy atom. The van der Waals surface area contributed by atoms with Crippen LogP contribution in [-0.2, 0) is 27.2 Å². The number of hydrogen-bond donors (Lipinski definition) is 5. The summed E-state index contributed by atoms with van der Waals surface area (Å²) in [6, 6.07) is 18.3. The van der Waals surface area contributed by atoms with Gasteiger partial charge in [-0.3, -0.25) is 24.2 Å². The minimum absolute atomic E-state index is 0.253. The second-order valence-corrected chi connectivity index (χ2v) is 15.2. The molecular weight excluding hydrogens is 747 g/mol. The molecule has 4 bridgehead atoms. The van der Waals surface area contributed by atoms with Gasteiger partial charge in [-0.1, -0.05) is 45.0 Å². The molecule has 4 aromatic rings. The molecule has 316 valence electrons. The Kier molecular flexibility index (Phi) is 17.0. The average Bonchev–Trinajstić information content (AvgIpc) is 3.19. The molecule has 3 atom stereocenters. The van der Waals surface area contributed by atoms with Gasteiger partial charge in [-0.15, -0.1) is 0 Å². The summed E-state index contributed by atoms with van der Waals surface area (Å²) >= 11 is 0. The van der Waals surface area contributed by atoms with Crippen LogP contribution in [0.15, 0.2) is 72.9 Å². The van der Waals surface area contributed by atoms with Crippen LogP contribution in [0, 0.1) is 12.8 Å². The predicted octanol–water partition coefficient (Wildman–Crippen LogP) is 5.12. The summed E-state index contributed by atoms with van der Waals surface area (Å²) in [5.74, 6) is -0.223. The molecule has 3 aromatic carbocycles. The van der Waals surface area contributed by atoms with E-state index in [2.05, 4.69) is 40.8 Å². The smallest absolute Gasteiger partial charge is 0.251 e. The van der Waals surface area contributed by atoms with E-state index in [4.69, 9.17) is 20.9 Å². The SMILES string of the molecule is CCN.CCOc1ccc2cc1-c1cc(ccc1OCCN)C(N(C)C(=O)CNC(=O)c1ccc(-c3ccc(CC(C)C)cn3)cc1C)C(=O)N[C@@H](C)C(=O)NC(C)C2. The number of nitrogens with one attached hydrogen (secondary N) is 3. The fourth-order valence-electron chi connectivity index (χ4n) is 6.89. The zero-order valence-electron chi connectivity index (χ0n) is 35.7. The maximum absolute atomic E-state index is 14.1. The third-order valence-corrected chi connectivity index (χ3v) is 9.68. The number of rotatable bonds is 12. The summed E-state index contributed by atoms with van der Waals surface area (Å²) in [4.78, 5) is 60.6. The molecule has 2 heterocycles. The number of benzene rings is 3. The van der Waals surface area contributed by atoms with Gasteiger partial charge in [-0.05, 0) is 118 Å². The molecule has 4 amide bonds. The minimum Gasteiger partial charge on any atom is -0.493 e. The van der Waals surface area contributed by atoms with Gasteiger partial charge in [0.05, 0.1) is 18.8 Å². The van der Waals surface area contributed by atoms with E-state index in [1.165, 1.54) is 17.5 Å². The molecule has 1 aliphatic heterocycles. The number of hydrogen-bond acceptors (Lipinski definition) is 9. The second kappa shape index (κ2) is 21.8. The number of aromatic nitrogens is 1. The molecule has 59 heavy (non-hydrogen) atoms. The van der Waals surface area contributed by atoms with Crippen LogP contribution in [-0.4, -0.2) is 85.5 Å². The zero-order chi connectivity index (χ0) is 43.2. The first-order valence-electron chi connectivity index (χ1n) is 20.3. The first kappa shape index (κ1) is 45.9. The molecule has 13 heteroatoms. The van der Waals surface area contributed by atoms with Crippen molar-refractivity contribution in [2.24, 2.45) is 17.4 Å². The molecule has 0 saturated heterocycles. The van der Waals surface area contributed by atoms with Crippen LogP contribution in [0.5, 0.6) is 11.5 Å². The average molecular weight is 808 g/mol. The van der Waals surface area contributed by atoms with Crippen molar-refractivity contribution in [1.29, 1.82) is 0 Å². The Labute approximate surface area is 348 Å². The van der Waals surface area contributed by atoms with Crippen LogP contribution in [0.3, 0.4) is 0 Å². The molecule has 0 spiro atoms. The van der Waals surface area contributed by atoms with Crippen molar-refractivity contribution in [2.45, 2.75) is 79.4 Å². The van der Waals surface area contributed by atoms with E-state index in [0.29, 0.717) is 47.1 Å². The molecule has 2 unspecified atom stereocenters. The van der Waals surface area contributed by atoms with Crippen molar-refractivity contribution in [1.82, 2.24) is 25.8 Å². The summed E-state index contributed by atoms with van der Waals surface area (Å²) in [7, 11) is 1.50. The molecule has 0 fully saturated rings. The first-order valence-corrected chi connectivity index (χ1v) is 20.3. The number of nitrogens with two attached hydrogens (primary N) is 2. The lowest BCUT2D eigenvalue weighted by molar-refractivity contribution is -0.139. The lowest BCUT2D eigenvalue weighted by Gasteiger charge is -2.30. The molecule has 0 radical (unpaired) electrons. The molecular formula is C46H61N7O6. The topological polar surface area (TPSA) is 191 Å². The zero-order valence-corrected chi connectivity index (χ0v) is 35.7. The van der Waals surface area contributed by atoms with Crippen LogP contribution in [0.25, 0.3) is 22.4 Å². The Hall–Kier alpha value is -5.79. The monoisotopic (exact) mass is 807 g/mol. The number of pyridine rings is 1. The quantitative estimate of drug-likeness (QED) is 0.129. The molecule has 1 aromatic heterocycles. The summed E-state index contributed by atoms with van der Waals surface area (Å²) in [6.07, 6.45) is 3.36. The van der Waals surface area contributed by atoms with Crippen LogP contribution in [0.2, 0.25) is 0 Å². The fourth-order valence-corrected chi connectivity index (χ4v) is 6.89. The van der Waals surface area contributed by atoms with Gasteiger partial charge in [0.15, 0.2) is 0 Å². The molecule has 7 N–H and O–H groups in total. The van der Waals surface area contributed by atoms with Crippen molar-refractivity contribution < 1.29 is 28.7 Å². The number of aryl methyl sites for hydroxylation is 1. The van der Waals surface area contributed by atoms with Crippen molar-refractivity contribution in [3.8, 4) is 33.9 Å². The number of likely N-dealkylation sites (N-methyl/N-ethyl adjacent to an activating group) is 1. The van der Waals surface area contributed by atoms with Gasteiger partial charge in [0, 0.05) is 48.1 Å². The Morgan fingerprint density at radius 3 is 2.25 bits per heavy atom. The fraction of sp³-hybridized carbons (Fsp3) is 0.413. The van der Waals surface area contributed by atoms with Crippen LogP contribution in [0.1, 0.15) is 80.2 Å². The van der Waals surface area contributed by atoms with E-state index in [0.717, 1.165) is 40.9 Å². The molecule has 0 saturated carbocycles. The second-order valence-electron chi connectivity index (χ2n) is 15.2. The van der Waals surface area contributed by atoms with Crippen LogP contribution in [0.4, 0.5) is 0 Å². The highest BCUT2D eigenvalue weighted by Gasteiger charge is 2.32. The first-order chi connectivity index (χ1) is 28.2. The summed E-state index contributed by atoms with van der Waals surface area (Å²) < 4.78 is 12.1. The standard InChI is InChI=1S/C44H54N6O6.C2H7N/c1-8-55-38-15-10-30-21-28(5)48-42(52)29(6)49-44(54)41(33-12-16-39(56-18-17-45)36(23-33)35(38)22-30)50(7)40(51)25-47-43(53)34-13-11-32(20-27(34)4)37-14-9-31(24-46-37)19-26(2)3;1-2-3/h9-16,20,22-24,26,28-29,41H,8,17-19,21,25,45H2,1-7H3,(H,47,53)(H,48,52)(H,49,54);2-3H2,1H3/t28?,29-,41?;/m0./s1. The van der Waals surface area contributed by atoms with Crippen molar-refractivity contribution in [3.63, 3.8) is 0 Å². The Morgan fingerprint density at radius 1 is 0.915 bits per heavy atom. The van der Waals surface area contributed by atoms with E-state index >= 15 is 0 Å². The number of nitrogens with zero attached hydrogens (tertiary/aromatic N) is 2. The summed E-state index contributed by atoms with van der Waals surface area (Å²) in [5, 5.41) is 8.53. The number of amides is 4. The normalized spacial score (nSPS) is 16.4. The van der Waals surface area contributed by atoms with Crippen LogP contribution < -0.4 is 36.9 Å². The predicted molar refractivity (Wildman–Crippen MR) is 232 cm³/mol. The maximum Gasteiger partial charge on any atom is 0.251 e.